The van der Waals surface area contributed by atoms with Crippen molar-refractivity contribution < 1.29 is 9.59 Å². The molecule has 21 heavy (non-hydrogen) atoms. The maximum atomic E-state index is 11.8. The molecular formula is C15H19N3O2S. The largest absolute Gasteiger partial charge is 0.300 e. The first-order valence-electron chi connectivity index (χ1n) is 6.48. The first-order chi connectivity index (χ1) is 9.91. The summed E-state index contributed by atoms with van der Waals surface area (Å²) in [6.45, 7) is 6.80. The van der Waals surface area contributed by atoms with E-state index >= 15 is 0 Å². The third kappa shape index (κ3) is 5.91. The molecule has 0 saturated carbocycles. The van der Waals surface area contributed by atoms with Gasteiger partial charge < -0.3 is 4.79 Å². The van der Waals surface area contributed by atoms with Gasteiger partial charge in [-0.25, -0.2) is 0 Å². The fourth-order valence-electron chi connectivity index (χ4n) is 1.41. The van der Waals surface area contributed by atoms with E-state index in [1.807, 2.05) is 44.2 Å². The number of rotatable bonds is 2. The highest BCUT2D eigenvalue weighted by Gasteiger charge is 2.29. The van der Waals surface area contributed by atoms with Crippen LogP contribution in [0.3, 0.4) is 0 Å². The summed E-state index contributed by atoms with van der Waals surface area (Å²) in [4.78, 5) is 22.9. The third-order valence-corrected chi connectivity index (χ3v) is 3.03. The molecule has 5 nitrogen and oxygen atoms in total. The molecule has 1 aromatic carbocycles. The predicted molar refractivity (Wildman–Crippen MR) is 89.0 cm³/mol. The Labute approximate surface area is 129 Å². The number of amides is 1. The Morgan fingerprint density at radius 2 is 1.71 bits per heavy atom. The number of amidine groups is 1. The lowest BCUT2D eigenvalue weighted by Gasteiger charge is -2.14. The maximum Gasteiger partial charge on any atom is 0.243 e. The van der Waals surface area contributed by atoms with Crippen molar-refractivity contribution in [2.75, 3.05) is 10.7 Å². The minimum atomic E-state index is 0.0453. The molecule has 1 aliphatic heterocycles. The Morgan fingerprint density at radius 1 is 1.14 bits per heavy atom. The quantitative estimate of drug-likeness (QED) is 0.623. The minimum Gasteiger partial charge on any atom is -0.300 e. The molecule has 0 atom stereocenters. The van der Waals surface area contributed by atoms with Crippen molar-refractivity contribution in [3.8, 4) is 0 Å². The van der Waals surface area contributed by atoms with Gasteiger partial charge in [0.1, 0.15) is 5.78 Å². The van der Waals surface area contributed by atoms with Crippen LogP contribution in [0, 0.1) is 0 Å². The van der Waals surface area contributed by atoms with Gasteiger partial charge in [0.15, 0.2) is 5.17 Å². The van der Waals surface area contributed by atoms with Crippen molar-refractivity contribution in [2.24, 2.45) is 10.2 Å². The molecule has 0 unspecified atom stereocenters. The van der Waals surface area contributed by atoms with Crippen LogP contribution in [0.4, 0.5) is 5.69 Å². The van der Waals surface area contributed by atoms with Crippen LogP contribution in [0.1, 0.15) is 27.7 Å². The zero-order valence-electron chi connectivity index (χ0n) is 12.7. The lowest BCUT2D eigenvalue weighted by molar-refractivity contribution is -0.115. The highest BCUT2D eigenvalue weighted by atomic mass is 32.2. The van der Waals surface area contributed by atoms with Gasteiger partial charge in [-0.15, -0.1) is 5.10 Å². The van der Waals surface area contributed by atoms with E-state index < -0.39 is 0 Å². The lowest BCUT2D eigenvalue weighted by Crippen LogP contribution is -2.28. The first-order valence-corrected chi connectivity index (χ1v) is 7.47. The molecule has 0 bridgehead atoms. The molecule has 0 aromatic heterocycles. The molecule has 1 aromatic rings. The zero-order chi connectivity index (χ0) is 15.8. The van der Waals surface area contributed by atoms with Crippen LogP contribution >= 0.6 is 11.8 Å². The Hall–Kier alpha value is -1.95. The van der Waals surface area contributed by atoms with Crippen molar-refractivity contribution in [3.63, 3.8) is 0 Å². The topological polar surface area (TPSA) is 62.1 Å². The Kier molecular flexibility index (Phi) is 6.81. The number of hydrogen-bond acceptors (Lipinski definition) is 5. The van der Waals surface area contributed by atoms with Crippen LogP contribution in [-0.4, -0.2) is 28.3 Å². The van der Waals surface area contributed by atoms with Gasteiger partial charge in [0.2, 0.25) is 5.91 Å². The molecule has 1 aliphatic rings. The van der Waals surface area contributed by atoms with Crippen molar-refractivity contribution in [2.45, 2.75) is 27.7 Å². The number of nitrogens with zero attached hydrogens (tertiary/aromatic N) is 3. The van der Waals surface area contributed by atoms with E-state index in [9.17, 15) is 9.59 Å². The molecule has 1 amide bonds. The summed E-state index contributed by atoms with van der Waals surface area (Å²) in [7, 11) is 0. The molecule has 0 aliphatic carbocycles. The van der Waals surface area contributed by atoms with Crippen molar-refractivity contribution in [3.05, 3.63) is 30.3 Å². The Morgan fingerprint density at radius 3 is 2.24 bits per heavy atom. The highest BCUT2D eigenvalue weighted by Crippen LogP contribution is 2.26. The van der Waals surface area contributed by atoms with Crippen molar-refractivity contribution in [1.29, 1.82) is 0 Å². The van der Waals surface area contributed by atoms with Crippen LogP contribution in [0.25, 0.3) is 0 Å². The van der Waals surface area contributed by atoms with Gasteiger partial charge in [-0.05, 0) is 39.8 Å². The van der Waals surface area contributed by atoms with Gasteiger partial charge >= 0.3 is 0 Å². The van der Waals surface area contributed by atoms with E-state index in [-0.39, 0.29) is 11.7 Å². The van der Waals surface area contributed by atoms with E-state index in [0.717, 1.165) is 11.4 Å². The zero-order valence-corrected chi connectivity index (χ0v) is 13.5. The van der Waals surface area contributed by atoms with Gasteiger partial charge in [-0.2, -0.15) is 5.10 Å². The number of carbonyl (C=O) groups excluding carboxylic acids is 2. The molecule has 1 heterocycles. The summed E-state index contributed by atoms with van der Waals surface area (Å²) >= 11 is 1.41. The number of Topliss-reactive ketones (excluding diaryl/α,β-unsaturated/α-hetero) is 1. The molecule has 6 heteroatoms. The predicted octanol–water partition coefficient (Wildman–Crippen LogP) is 3.11. The molecule has 1 fully saturated rings. The molecule has 0 N–H and O–H groups in total. The fourth-order valence-corrected chi connectivity index (χ4v) is 2.23. The first kappa shape index (κ1) is 17.1. The number of ketones is 1. The summed E-state index contributed by atoms with van der Waals surface area (Å²) in [6, 6.07) is 9.50. The van der Waals surface area contributed by atoms with E-state index in [0.29, 0.717) is 10.9 Å². The summed E-state index contributed by atoms with van der Waals surface area (Å²) in [5.74, 6) is 0.635. The number of thioether (sulfide) groups is 1. The molecular weight excluding hydrogens is 286 g/mol. The van der Waals surface area contributed by atoms with Gasteiger partial charge in [0, 0.05) is 5.71 Å². The number of anilines is 1. The van der Waals surface area contributed by atoms with E-state index in [2.05, 4.69) is 10.2 Å². The average molecular weight is 305 g/mol. The second kappa shape index (κ2) is 8.36. The number of hydrogen-bond donors (Lipinski definition) is 0. The molecule has 2 rings (SSSR count). The number of carbonyl (C=O) groups is 2. The second-order valence-electron chi connectivity index (χ2n) is 4.69. The lowest BCUT2D eigenvalue weighted by atomic mass is 10.3. The normalized spacial score (nSPS) is 15.5. The number of benzene rings is 1. The van der Waals surface area contributed by atoms with Crippen molar-refractivity contribution >= 4 is 40.0 Å². The van der Waals surface area contributed by atoms with Gasteiger partial charge in [0.25, 0.3) is 0 Å². The summed E-state index contributed by atoms with van der Waals surface area (Å²) in [5, 5.41) is 8.75. The summed E-state index contributed by atoms with van der Waals surface area (Å²) in [6.07, 6.45) is 0. The molecule has 1 saturated heterocycles. The van der Waals surface area contributed by atoms with Crippen LogP contribution in [0.2, 0.25) is 0 Å². The summed E-state index contributed by atoms with van der Waals surface area (Å²) in [5.41, 5.74) is 1.70. The van der Waals surface area contributed by atoms with Crippen LogP contribution in [-0.2, 0) is 9.59 Å². The second-order valence-corrected chi connectivity index (χ2v) is 5.63. The van der Waals surface area contributed by atoms with E-state index in [1.54, 1.807) is 4.90 Å². The summed E-state index contributed by atoms with van der Waals surface area (Å²) < 4.78 is 0. The van der Waals surface area contributed by atoms with Crippen LogP contribution in [0.5, 0.6) is 0 Å². The van der Waals surface area contributed by atoms with E-state index in [1.165, 1.54) is 25.6 Å². The van der Waals surface area contributed by atoms with Crippen molar-refractivity contribution in [1.82, 2.24) is 0 Å². The highest BCUT2D eigenvalue weighted by molar-refractivity contribution is 8.15. The third-order valence-electron chi connectivity index (χ3n) is 2.12. The fraction of sp³-hybridized carbons (Fsp3) is 0.333. The average Bonchev–Trinajstić information content (AvgIpc) is 2.78. The smallest absolute Gasteiger partial charge is 0.243 e. The molecule has 0 spiro atoms. The monoisotopic (exact) mass is 305 g/mol. The Bertz CT molecular complexity index is 560. The number of para-hydroxylation sites is 1. The van der Waals surface area contributed by atoms with Crippen LogP contribution in [0.15, 0.2) is 40.5 Å². The maximum absolute atomic E-state index is 11.8. The van der Waals surface area contributed by atoms with Gasteiger partial charge in [-0.1, -0.05) is 30.0 Å². The minimum absolute atomic E-state index is 0.0453. The van der Waals surface area contributed by atoms with Gasteiger partial charge in [0.05, 0.1) is 11.4 Å². The van der Waals surface area contributed by atoms with Crippen LogP contribution < -0.4 is 4.90 Å². The van der Waals surface area contributed by atoms with Gasteiger partial charge in [-0.3, -0.25) is 9.69 Å². The standard InChI is InChI=1S/C12H13N3OS.C3H6O/c1-9(2)13-14-12-15(11(16)8-17-12)10-6-4-3-5-7-10;1-3(2)4/h3-7H,8H2,1-2H3;1-2H3. The Balaban J connectivity index is 0.000000491. The molecule has 112 valence electrons. The SMILES string of the molecule is CC(C)=NN=C1SCC(=O)N1c1ccccc1.CC(C)=O. The van der Waals surface area contributed by atoms with E-state index in [4.69, 9.17) is 0 Å². The molecule has 0 radical (unpaired) electrons.